The lowest BCUT2D eigenvalue weighted by Crippen LogP contribution is -2.43. The number of ether oxygens (including phenoxy) is 1. The lowest BCUT2D eigenvalue weighted by atomic mass is 10.2. The van der Waals surface area contributed by atoms with Gasteiger partial charge in [0.15, 0.2) is 0 Å². The van der Waals surface area contributed by atoms with E-state index in [1.54, 1.807) is 0 Å². The van der Waals surface area contributed by atoms with Gasteiger partial charge in [-0.2, -0.15) is 0 Å². The maximum absolute atomic E-state index is 5.79. The van der Waals surface area contributed by atoms with E-state index < -0.39 is 0 Å². The summed E-state index contributed by atoms with van der Waals surface area (Å²) in [6.45, 7) is 6.13. The van der Waals surface area contributed by atoms with Crippen molar-refractivity contribution in [3.05, 3.63) is 46.6 Å². The first kappa shape index (κ1) is 14.4. The Balaban J connectivity index is 1.70. The Labute approximate surface area is 133 Å². The molecule has 3 rings (SSSR count). The van der Waals surface area contributed by atoms with Crippen LogP contribution in [0.5, 0.6) is 11.6 Å². The summed E-state index contributed by atoms with van der Waals surface area (Å²) in [5.41, 5.74) is 2.16. The van der Waals surface area contributed by atoms with Crippen LogP contribution >= 0.6 is 15.9 Å². The topological polar surface area (TPSA) is 37.4 Å². The van der Waals surface area contributed by atoms with Crippen LogP contribution in [-0.4, -0.2) is 31.2 Å². The van der Waals surface area contributed by atoms with Crippen LogP contribution in [-0.2, 0) is 0 Å². The molecule has 1 aliphatic heterocycles. The molecule has 21 heavy (non-hydrogen) atoms. The van der Waals surface area contributed by atoms with Gasteiger partial charge in [0, 0.05) is 42.4 Å². The van der Waals surface area contributed by atoms with Crippen molar-refractivity contribution in [2.75, 3.05) is 31.1 Å². The molecule has 0 atom stereocenters. The first-order valence-electron chi connectivity index (χ1n) is 7.09. The number of aromatic nitrogens is 1. The first-order valence-corrected chi connectivity index (χ1v) is 7.88. The minimum atomic E-state index is 0.616. The Morgan fingerprint density at radius 1 is 1.10 bits per heavy atom. The maximum Gasteiger partial charge on any atom is 0.219 e. The van der Waals surface area contributed by atoms with Crippen LogP contribution in [0.25, 0.3) is 0 Å². The molecule has 0 spiro atoms. The van der Waals surface area contributed by atoms with E-state index in [2.05, 4.69) is 43.3 Å². The monoisotopic (exact) mass is 347 g/mol. The molecule has 0 radical (unpaired) electrons. The zero-order valence-electron chi connectivity index (χ0n) is 12.0. The summed E-state index contributed by atoms with van der Waals surface area (Å²) in [7, 11) is 0. The van der Waals surface area contributed by atoms with Crippen molar-refractivity contribution in [1.82, 2.24) is 10.3 Å². The number of nitrogens with zero attached hydrogens (tertiary/aromatic N) is 2. The summed E-state index contributed by atoms with van der Waals surface area (Å²) in [6, 6.07) is 12.0. The number of hydrogen-bond acceptors (Lipinski definition) is 4. The second-order valence-corrected chi connectivity index (χ2v) is 5.90. The molecule has 110 valence electrons. The van der Waals surface area contributed by atoms with Gasteiger partial charge in [0.2, 0.25) is 5.88 Å². The Morgan fingerprint density at radius 2 is 1.81 bits per heavy atom. The van der Waals surface area contributed by atoms with Crippen molar-refractivity contribution in [3.63, 3.8) is 0 Å². The van der Waals surface area contributed by atoms with E-state index >= 15 is 0 Å². The highest BCUT2D eigenvalue weighted by Crippen LogP contribution is 2.25. The summed E-state index contributed by atoms with van der Waals surface area (Å²) in [5, 5.41) is 3.36. The summed E-state index contributed by atoms with van der Waals surface area (Å²) in [6.07, 6.45) is 0. The standard InChI is InChI=1S/C16H18BrN3O/c1-12-15(17)6-7-16(19-12)21-14-4-2-13(3-5-14)20-10-8-18-9-11-20/h2-7,18H,8-11H2,1H3. The van der Waals surface area contributed by atoms with Crippen molar-refractivity contribution < 1.29 is 4.74 Å². The highest BCUT2D eigenvalue weighted by molar-refractivity contribution is 9.10. The molecule has 1 N–H and O–H groups in total. The molecule has 0 unspecified atom stereocenters. The van der Waals surface area contributed by atoms with Gasteiger partial charge >= 0.3 is 0 Å². The minimum absolute atomic E-state index is 0.616. The number of rotatable bonds is 3. The van der Waals surface area contributed by atoms with Gasteiger partial charge in [-0.25, -0.2) is 4.98 Å². The molecular formula is C16H18BrN3O. The second-order valence-electron chi connectivity index (χ2n) is 5.05. The third-order valence-electron chi connectivity index (χ3n) is 3.54. The van der Waals surface area contributed by atoms with Crippen LogP contribution in [0.4, 0.5) is 5.69 Å². The molecule has 2 heterocycles. The van der Waals surface area contributed by atoms with Crippen molar-refractivity contribution in [3.8, 4) is 11.6 Å². The third kappa shape index (κ3) is 3.54. The summed E-state index contributed by atoms with van der Waals surface area (Å²) in [4.78, 5) is 6.77. The molecule has 4 nitrogen and oxygen atoms in total. The number of hydrogen-bond donors (Lipinski definition) is 1. The third-order valence-corrected chi connectivity index (χ3v) is 4.38. The Kier molecular flexibility index (Phi) is 4.41. The molecule has 0 aliphatic carbocycles. The average Bonchev–Trinajstić information content (AvgIpc) is 2.53. The van der Waals surface area contributed by atoms with Gasteiger partial charge in [-0.3, -0.25) is 0 Å². The molecule has 1 fully saturated rings. The van der Waals surface area contributed by atoms with E-state index in [4.69, 9.17) is 4.74 Å². The zero-order chi connectivity index (χ0) is 14.7. The van der Waals surface area contributed by atoms with E-state index in [0.29, 0.717) is 5.88 Å². The normalized spacial score (nSPS) is 15.0. The lowest BCUT2D eigenvalue weighted by Gasteiger charge is -2.29. The van der Waals surface area contributed by atoms with Crippen LogP contribution in [0.2, 0.25) is 0 Å². The van der Waals surface area contributed by atoms with Gasteiger partial charge in [0.1, 0.15) is 5.75 Å². The zero-order valence-corrected chi connectivity index (χ0v) is 13.6. The van der Waals surface area contributed by atoms with E-state index in [1.165, 1.54) is 5.69 Å². The quantitative estimate of drug-likeness (QED) is 0.923. The number of anilines is 1. The van der Waals surface area contributed by atoms with Gasteiger partial charge < -0.3 is 15.0 Å². The van der Waals surface area contributed by atoms with Crippen LogP contribution in [0.15, 0.2) is 40.9 Å². The number of piperazine rings is 1. The molecule has 0 saturated carbocycles. The van der Waals surface area contributed by atoms with E-state index in [-0.39, 0.29) is 0 Å². The number of halogens is 1. The fourth-order valence-electron chi connectivity index (χ4n) is 2.35. The van der Waals surface area contributed by atoms with E-state index in [0.717, 1.165) is 42.1 Å². The summed E-state index contributed by atoms with van der Waals surface area (Å²) < 4.78 is 6.78. The molecule has 2 aromatic rings. The molecule has 1 aromatic carbocycles. The van der Waals surface area contributed by atoms with Crippen LogP contribution in [0.3, 0.4) is 0 Å². The number of aryl methyl sites for hydroxylation is 1. The molecular weight excluding hydrogens is 330 g/mol. The van der Waals surface area contributed by atoms with Gasteiger partial charge in [-0.1, -0.05) is 0 Å². The Hall–Kier alpha value is -1.59. The van der Waals surface area contributed by atoms with Gasteiger partial charge in [-0.15, -0.1) is 0 Å². The molecule has 5 heteroatoms. The van der Waals surface area contributed by atoms with Gasteiger partial charge in [0.05, 0.1) is 5.69 Å². The van der Waals surface area contributed by atoms with Crippen LogP contribution in [0.1, 0.15) is 5.69 Å². The second kappa shape index (κ2) is 6.45. The molecule has 1 saturated heterocycles. The summed E-state index contributed by atoms with van der Waals surface area (Å²) >= 11 is 3.44. The first-order chi connectivity index (χ1) is 10.2. The van der Waals surface area contributed by atoms with Crippen LogP contribution in [0, 0.1) is 6.92 Å². The Bertz CT molecular complexity index is 609. The molecule has 0 bridgehead atoms. The minimum Gasteiger partial charge on any atom is -0.439 e. The lowest BCUT2D eigenvalue weighted by molar-refractivity contribution is 0.461. The highest BCUT2D eigenvalue weighted by Gasteiger charge is 2.10. The van der Waals surface area contributed by atoms with Crippen LogP contribution < -0.4 is 15.0 Å². The largest absolute Gasteiger partial charge is 0.439 e. The predicted octanol–water partition coefficient (Wildman–Crippen LogP) is 3.35. The van der Waals surface area contributed by atoms with Gasteiger partial charge in [0.25, 0.3) is 0 Å². The molecule has 0 amide bonds. The number of benzene rings is 1. The van der Waals surface area contributed by atoms with Crippen molar-refractivity contribution in [1.29, 1.82) is 0 Å². The molecule has 1 aromatic heterocycles. The number of nitrogens with one attached hydrogen (secondary N) is 1. The fraction of sp³-hybridized carbons (Fsp3) is 0.312. The highest BCUT2D eigenvalue weighted by atomic mass is 79.9. The van der Waals surface area contributed by atoms with Crippen molar-refractivity contribution in [2.24, 2.45) is 0 Å². The maximum atomic E-state index is 5.79. The van der Waals surface area contributed by atoms with E-state index in [9.17, 15) is 0 Å². The van der Waals surface area contributed by atoms with Crippen molar-refractivity contribution >= 4 is 21.6 Å². The van der Waals surface area contributed by atoms with Crippen molar-refractivity contribution in [2.45, 2.75) is 6.92 Å². The fourth-order valence-corrected chi connectivity index (χ4v) is 2.57. The average molecular weight is 348 g/mol. The smallest absolute Gasteiger partial charge is 0.219 e. The Morgan fingerprint density at radius 3 is 2.48 bits per heavy atom. The van der Waals surface area contributed by atoms with Gasteiger partial charge in [-0.05, 0) is 53.2 Å². The summed E-state index contributed by atoms with van der Waals surface area (Å²) in [5.74, 6) is 1.42. The SMILES string of the molecule is Cc1nc(Oc2ccc(N3CCNCC3)cc2)ccc1Br. The molecule has 1 aliphatic rings. The number of pyridine rings is 1. The van der Waals surface area contributed by atoms with E-state index in [1.807, 2.05) is 31.2 Å². The predicted molar refractivity (Wildman–Crippen MR) is 88.3 cm³/mol.